The van der Waals surface area contributed by atoms with Crippen LogP contribution in [-0.4, -0.2) is 15.7 Å². The van der Waals surface area contributed by atoms with Gasteiger partial charge in [0.15, 0.2) is 0 Å². The zero-order valence-corrected chi connectivity index (χ0v) is 17.5. The highest BCUT2D eigenvalue weighted by Crippen LogP contribution is 2.28. The highest BCUT2D eigenvalue weighted by molar-refractivity contribution is 5.99. The van der Waals surface area contributed by atoms with Gasteiger partial charge in [-0.05, 0) is 42.7 Å². The normalized spacial score (nSPS) is 11.0. The van der Waals surface area contributed by atoms with Crippen LogP contribution in [0.3, 0.4) is 0 Å². The molecule has 0 aliphatic heterocycles. The number of anilines is 1. The van der Waals surface area contributed by atoms with E-state index in [9.17, 15) is 9.18 Å². The van der Waals surface area contributed by atoms with Gasteiger partial charge in [-0.2, -0.15) is 5.10 Å². The van der Waals surface area contributed by atoms with Crippen LogP contribution in [0, 0.1) is 19.7 Å². The van der Waals surface area contributed by atoms with Crippen molar-refractivity contribution in [3.8, 4) is 0 Å². The Labute approximate surface area is 181 Å². The molecule has 4 aromatic rings. The lowest BCUT2D eigenvalue weighted by molar-refractivity contribution is -0.116. The van der Waals surface area contributed by atoms with Crippen LogP contribution >= 0.6 is 0 Å². The van der Waals surface area contributed by atoms with Crippen molar-refractivity contribution >= 4 is 11.6 Å². The lowest BCUT2D eigenvalue weighted by Crippen LogP contribution is -2.23. The quantitative estimate of drug-likeness (QED) is 0.456. The average molecular weight is 413 g/mol. The maximum Gasteiger partial charge on any atom is 0.236 e. The van der Waals surface area contributed by atoms with Gasteiger partial charge in [0.1, 0.15) is 5.82 Å². The molecule has 156 valence electrons. The minimum atomic E-state index is -0.437. The zero-order chi connectivity index (χ0) is 21.8. The first-order valence-electron chi connectivity index (χ1n) is 10.2. The van der Waals surface area contributed by atoms with Gasteiger partial charge in [0.25, 0.3) is 0 Å². The predicted octanol–water partition coefficient (Wildman–Crippen LogP) is 5.46. The first-order valence-corrected chi connectivity index (χ1v) is 10.2. The van der Waals surface area contributed by atoms with Gasteiger partial charge in [-0.3, -0.25) is 9.48 Å². The van der Waals surface area contributed by atoms with Crippen molar-refractivity contribution < 1.29 is 9.18 Å². The molecule has 1 heterocycles. The number of nitrogens with zero attached hydrogens (tertiary/aromatic N) is 2. The summed E-state index contributed by atoms with van der Waals surface area (Å²) >= 11 is 0. The van der Waals surface area contributed by atoms with E-state index < -0.39 is 5.92 Å². The van der Waals surface area contributed by atoms with E-state index in [0.717, 1.165) is 28.1 Å². The summed E-state index contributed by atoms with van der Waals surface area (Å²) in [5.74, 6) is -0.831. The fourth-order valence-electron chi connectivity index (χ4n) is 3.82. The van der Waals surface area contributed by atoms with Gasteiger partial charge >= 0.3 is 0 Å². The maximum absolute atomic E-state index is 13.6. The summed E-state index contributed by atoms with van der Waals surface area (Å²) in [6.07, 6.45) is 0. The summed E-state index contributed by atoms with van der Waals surface area (Å²) in [6.45, 7) is 4.21. The number of aryl methyl sites for hydroxylation is 1. The van der Waals surface area contributed by atoms with Crippen molar-refractivity contribution in [1.82, 2.24) is 9.78 Å². The number of carbonyl (C=O) groups is 1. The molecule has 1 amide bonds. The molecule has 3 aromatic carbocycles. The van der Waals surface area contributed by atoms with Crippen molar-refractivity contribution in [2.24, 2.45) is 0 Å². The third-order valence-electron chi connectivity index (χ3n) is 5.38. The van der Waals surface area contributed by atoms with Gasteiger partial charge in [-0.15, -0.1) is 0 Å². The Morgan fingerprint density at radius 1 is 0.935 bits per heavy atom. The third-order valence-corrected chi connectivity index (χ3v) is 5.38. The van der Waals surface area contributed by atoms with Crippen molar-refractivity contribution in [3.05, 3.63) is 119 Å². The summed E-state index contributed by atoms with van der Waals surface area (Å²) in [4.78, 5) is 13.4. The van der Waals surface area contributed by atoms with Gasteiger partial charge in [-0.25, -0.2) is 4.39 Å². The Kier molecular flexibility index (Phi) is 5.94. The monoisotopic (exact) mass is 413 g/mol. The minimum absolute atomic E-state index is 0.117. The number of aromatic nitrogens is 2. The fourth-order valence-corrected chi connectivity index (χ4v) is 3.82. The highest BCUT2D eigenvalue weighted by atomic mass is 19.1. The van der Waals surface area contributed by atoms with Crippen molar-refractivity contribution in [2.45, 2.75) is 26.3 Å². The Balaban J connectivity index is 1.63. The molecule has 4 rings (SSSR count). The largest absolute Gasteiger partial charge is 0.322 e. The van der Waals surface area contributed by atoms with Crippen LogP contribution in [0.5, 0.6) is 0 Å². The predicted molar refractivity (Wildman–Crippen MR) is 121 cm³/mol. The SMILES string of the molecule is Cc1nn(Cc2cccc(F)c2)c(C)c1NC(=O)C(c1ccccc1)c1ccccc1. The van der Waals surface area contributed by atoms with Crippen LogP contribution < -0.4 is 5.32 Å². The third kappa shape index (κ3) is 4.56. The number of amides is 1. The standard InChI is InChI=1S/C26H24FN3O/c1-18-25(19(2)30(29-18)17-20-10-9-15-23(27)16-20)28-26(31)24(21-11-5-3-6-12-21)22-13-7-4-8-14-22/h3-16,24H,17H2,1-2H3,(H,28,31). The molecule has 0 fully saturated rings. The Morgan fingerprint density at radius 2 is 1.55 bits per heavy atom. The van der Waals surface area contributed by atoms with Crippen LogP contribution in [-0.2, 0) is 11.3 Å². The van der Waals surface area contributed by atoms with Crippen LogP contribution in [0.2, 0.25) is 0 Å². The van der Waals surface area contributed by atoms with Crippen LogP contribution in [0.4, 0.5) is 10.1 Å². The molecule has 0 radical (unpaired) electrons. The van der Waals surface area contributed by atoms with Gasteiger partial charge < -0.3 is 5.32 Å². The molecule has 1 aromatic heterocycles. The summed E-state index contributed by atoms with van der Waals surface area (Å²) in [5, 5.41) is 7.67. The maximum atomic E-state index is 13.6. The van der Waals surface area contributed by atoms with Crippen molar-refractivity contribution in [2.75, 3.05) is 5.32 Å². The van der Waals surface area contributed by atoms with E-state index in [4.69, 9.17) is 0 Å². The minimum Gasteiger partial charge on any atom is -0.322 e. The summed E-state index contributed by atoms with van der Waals surface area (Å²) in [6, 6.07) is 25.9. The van der Waals surface area contributed by atoms with Gasteiger partial charge in [0.05, 0.1) is 29.5 Å². The van der Waals surface area contributed by atoms with Crippen molar-refractivity contribution in [3.63, 3.8) is 0 Å². The fraction of sp³-hybridized carbons (Fsp3) is 0.154. The first kappa shape index (κ1) is 20.5. The van der Waals surface area contributed by atoms with E-state index in [1.165, 1.54) is 12.1 Å². The average Bonchev–Trinajstić information content (AvgIpc) is 3.03. The van der Waals surface area contributed by atoms with E-state index in [-0.39, 0.29) is 11.7 Å². The van der Waals surface area contributed by atoms with Crippen molar-refractivity contribution in [1.29, 1.82) is 0 Å². The summed E-state index contributed by atoms with van der Waals surface area (Å²) < 4.78 is 15.3. The zero-order valence-electron chi connectivity index (χ0n) is 17.5. The number of rotatable bonds is 6. The van der Waals surface area contributed by atoms with E-state index in [2.05, 4.69) is 10.4 Å². The molecule has 4 nitrogen and oxygen atoms in total. The van der Waals surface area contributed by atoms with Crippen LogP contribution in [0.1, 0.15) is 34.0 Å². The molecule has 0 spiro atoms. The summed E-state index contributed by atoms with van der Waals surface area (Å²) in [5.41, 5.74) is 4.91. The van der Waals surface area contributed by atoms with Gasteiger partial charge in [0.2, 0.25) is 5.91 Å². The lowest BCUT2D eigenvalue weighted by Gasteiger charge is -2.18. The molecule has 5 heteroatoms. The Morgan fingerprint density at radius 3 is 2.13 bits per heavy atom. The lowest BCUT2D eigenvalue weighted by atomic mass is 9.90. The molecule has 0 aliphatic rings. The van der Waals surface area contributed by atoms with E-state index >= 15 is 0 Å². The van der Waals surface area contributed by atoms with Crippen LogP contribution in [0.25, 0.3) is 0 Å². The second-order valence-electron chi connectivity index (χ2n) is 7.58. The number of hydrogen-bond acceptors (Lipinski definition) is 2. The first-order chi connectivity index (χ1) is 15.0. The number of nitrogens with one attached hydrogen (secondary N) is 1. The van der Waals surface area contributed by atoms with E-state index in [1.807, 2.05) is 80.6 Å². The molecule has 0 saturated carbocycles. The number of carbonyl (C=O) groups excluding carboxylic acids is 1. The van der Waals surface area contributed by atoms with E-state index in [0.29, 0.717) is 12.2 Å². The molecule has 0 bridgehead atoms. The summed E-state index contributed by atoms with van der Waals surface area (Å²) in [7, 11) is 0. The highest BCUT2D eigenvalue weighted by Gasteiger charge is 2.25. The van der Waals surface area contributed by atoms with Crippen LogP contribution in [0.15, 0.2) is 84.9 Å². The topological polar surface area (TPSA) is 46.9 Å². The Hall–Kier alpha value is -3.73. The number of halogens is 1. The Bertz CT molecular complexity index is 1150. The van der Waals surface area contributed by atoms with Gasteiger partial charge in [-0.1, -0.05) is 72.8 Å². The van der Waals surface area contributed by atoms with E-state index in [1.54, 1.807) is 10.7 Å². The molecular weight excluding hydrogens is 389 g/mol. The second kappa shape index (κ2) is 8.96. The molecule has 31 heavy (non-hydrogen) atoms. The molecule has 0 saturated heterocycles. The molecule has 1 N–H and O–H groups in total. The van der Waals surface area contributed by atoms with Gasteiger partial charge in [0, 0.05) is 0 Å². The second-order valence-corrected chi connectivity index (χ2v) is 7.58. The molecule has 0 aliphatic carbocycles. The molecular formula is C26H24FN3O. The molecule has 0 unspecified atom stereocenters. The number of hydrogen-bond donors (Lipinski definition) is 1. The molecule has 0 atom stereocenters. The smallest absolute Gasteiger partial charge is 0.236 e. The number of benzene rings is 3.